The summed E-state index contributed by atoms with van der Waals surface area (Å²) in [5.41, 5.74) is 15.0. The molecule has 0 saturated heterocycles. The zero-order chi connectivity index (χ0) is 25.1. The fraction of sp³-hybridized carbons (Fsp3) is 0.435. The highest BCUT2D eigenvalue weighted by molar-refractivity contribution is 7.45. The van der Waals surface area contributed by atoms with Gasteiger partial charge in [0.05, 0.1) is 28.3 Å². The third-order valence-corrected chi connectivity index (χ3v) is 5.89. The monoisotopic (exact) mass is 476 g/mol. The number of hydrogen-bond acceptors (Lipinski definition) is 5. The lowest BCUT2D eigenvalue weighted by Gasteiger charge is -2.45. The Bertz CT molecular complexity index is 1140. The SMILES string of the molecule is C/C=C1\[C@H]2C=C(C)C[C@]1(N)c1ccc(=O)[nH]c1C2.Cc1nc(C)c(C)nc1C.O=P(O)(O)O. The van der Waals surface area contributed by atoms with Gasteiger partial charge in [0.2, 0.25) is 5.56 Å². The van der Waals surface area contributed by atoms with Crippen LogP contribution in [0.5, 0.6) is 0 Å². The van der Waals surface area contributed by atoms with Crippen LogP contribution in [-0.4, -0.2) is 29.6 Å². The van der Waals surface area contributed by atoms with E-state index in [0.29, 0.717) is 5.92 Å². The van der Waals surface area contributed by atoms with E-state index in [4.69, 9.17) is 25.0 Å². The Balaban J connectivity index is 0.000000217. The number of nitrogens with one attached hydrogen (secondary N) is 1. The van der Waals surface area contributed by atoms with Crippen molar-refractivity contribution in [2.75, 3.05) is 0 Å². The van der Waals surface area contributed by atoms with E-state index in [1.807, 2.05) is 33.8 Å². The molecule has 2 bridgehead atoms. The molecule has 0 saturated carbocycles. The Morgan fingerprint density at radius 3 is 2.00 bits per heavy atom. The molecule has 2 aromatic heterocycles. The van der Waals surface area contributed by atoms with Crippen LogP contribution in [0, 0.1) is 33.6 Å². The number of pyridine rings is 1. The first-order valence-electron chi connectivity index (χ1n) is 10.6. The maximum atomic E-state index is 11.5. The van der Waals surface area contributed by atoms with Gasteiger partial charge in [0.15, 0.2) is 0 Å². The average Bonchev–Trinajstić information content (AvgIpc) is 2.64. The maximum Gasteiger partial charge on any atom is 0.466 e. The Morgan fingerprint density at radius 2 is 1.55 bits per heavy atom. The van der Waals surface area contributed by atoms with Gasteiger partial charge < -0.3 is 25.4 Å². The molecule has 2 aliphatic carbocycles. The van der Waals surface area contributed by atoms with Gasteiger partial charge >= 0.3 is 7.82 Å². The van der Waals surface area contributed by atoms with Gasteiger partial charge in [-0.1, -0.05) is 17.7 Å². The third-order valence-electron chi connectivity index (χ3n) is 5.89. The smallest absolute Gasteiger partial charge is 0.326 e. The van der Waals surface area contributed by atoms with Crippen molar-refractivity contribution >= 4 is 7.82 Å². The molecular formula is C23H33N4O5P. The highest BCUT2D eigenvalue weighted by atomic mass is 31.2. The van der Waals surface area contributed by atoms with Crippen molar-refractivity contribution in [3.05, 3.63) is 79.8 Å². The number of hydrogen-bond donors (Lipinski definition) is 5. The minimum Gasteiger partial charge on any atom is -0.326 e. The van der Waals surface area contributed by atoms with Gasteiger partial charge in [0, 0.05) is 17.7 Å². The predicted molar refractivity (Wildman–Crippen MR) is 127 cm³/mol. The molecule has 0 fully saturated rings. The molecule has 6 N–H and O–H groups in total. The van der Waals surface area contributed by atoms with E-state index in [0.717, 1.165) is 46.9 Å². The Labute approximate surface area is 193 Å². The fourth-order valence-corrected chi connectivity index (χ4v) is 4.40. The number of fused-ring (bicyclic) bond motifs is 4. The number of aryl methyl sites for hydroxylation is 4. The topological polar surface area (TPSA) is 162 Å². The second-order valence-electron chi connectivity index (χ2n) is 8.51. The second kappa shape index (κ2) is 10.2. The average molecular weight is 477 g/mol. The van der Waals surface area contributed by atoms with Crippen molar-refractivity contribution in [3.8, 4) is 0 Å². The zero-order valence-electron chi connectivity index (χ0n) is 19.9. The van der Waals surface area contributed by atoms with E-state index in [1.54, 1.807) is 6.07 Å². The van der Waals surface area contributed by atoms with E-state index in [9.17, 15) is 4.79 Å². The summed E-state index contributed by atoms with van der Waals surface area (Å²) in [6, 6.07) is 3.47. The van der Waals surface area contributed by atoms with Crippen molar-refractivity contribution in [3.63, 3.8) is 0 Å². The van der Waals surface area contributed by atoms with Crippen LogP contribution in [0.3, 0.4) is 0 Å². The normalized spacial score (nSPS) is 22.3. The van der Waals surface area contributed by atoms with E-state index < -0.39 is 13.4 Å². The summed E-state index contributed by atoms with van der Waals surface area (Å²) in [5.74, 6) is 0.333. The minimum atomic E-state index is -4.64. The largest absolute Gasteiger partial charge is 0.466 e. The van der Waals surface area contributed by atoms with Crippen LogP contribution in [0.2, 0.25) is 0 Å². The van der Waals surface area contributed by atoms with Gasteiger partial charge in [0.25, 0.3) is 0 Å². The first kappa shape index (κ1) is 26.8. The van der Waals surface area contributed by atoms with Crippen molar-refractivity contribution < 1.29 is 19.2 Å². The highest BCUT2D eigenvalue weighted by Gasteiger charge is 2.43. The highest BCUT2D eigenvalue weighted by Crippen LogP contribution is 2.47. The van der Waals surface area contributed by atoms with E-state index in [2.05, 4.69) is 41.0 Å². The molecule has 2 aliphatic rings. The second-order valence-corrected chi connectivity index (χ2v) is 9.54. The van der Waals surface area contributed by atoms with Crippen LogP contribution in [0.1, 0.15) is 54.3 Å². The standard InChI is InChI=1S/C15H18N2O.C8H12N2.H3O4P/c1-3-11-10-6-9(2)8-15(11,16)12-4-5-14(18)17-13(12)7-10;1-5-6(2)10-8(4)7(3)9-5;1-5(2,3)4/h3-6,10H,7-8,16H2,1-2H3,(H,17,18);1-4H3;(H3,1,2,3,4)/b11-3+;;/t10-,15+;;/m0../s1. The molecule has 0 aliphatic heterocycles. The first-order chi connectivity index (χ1) is 15.2. The number of H-pyrrole nitrogens is 1. The lowest BCUT2D eigenvalue weighted by Crippen LogP contribution is -2.48. The molecule has 0 amide bonds. The predicted octanol–water partition coefficient (Wildman–Crippen LogP) is 2.78. The fourth-order valence-electron chi connectivity index (χ4n) is 4.40. The number of rotatable bonds is 0. The van der Waals surface area contributed by atoms with E-state index >= 15 is 0 Å². The number of phosphoric acid groups is 1. The summed E-state index contributed by atoms with van der Waals surface area (Å²) in [4.78, 5) is 44.6. The summed E-state index contributed by atoms with van der Waals surface area (Å²) >= 11 is 0. The Kier molecular flexibility index (Phi) is 8.32. The van der Waals surface area contributed by atoms with Crippen LogP contribution in [0.25, 0.3) is 0 Å². The van der Waals surface area contributed by atoms with Crippen molar-refractivity contribution in [2.45, 2.75) is 59.9 Å². The van der Waals surface area contributed by atoms with Gasteiger partial charge in [-0.3, -0.25) is 14.8 Å². The van der Waals surface area contributed by atoms with Crippen LogP contribution in [-0.2, 0) is 16.5 Å². The molecule has 4 rings (SSSR count). The van der Waals surface area contributed by atoms with Gasteiger partial charge in [-0.25, -0.2) is 4.57 Å². The summed E-state index contributed by atoms with van der Waals surface area (Å²) in [6.45, 7) is 12.1. The summed E-state index contributed by atoms with van der Waals surface area (Å²) < 4.78 is 8.88. The molecule has 180 valence electrons. The van der Waals surface area contributed by atoms with Crippen molar-refractivity contribution in [1.29, 1.82) is 0 Å². The number of allylic oxidation sites excluding steroid dienone is 2. The molecule has 0 aromatic carbocycles. The molecular weight excluding hydrogens is 443 g/mol. The Morgan fingerprint density at radius 1 is 1.06 bits per heavy atom. The molecule has 33 heavy (non-hydrogen) atoms. The third kappa shape index (κ3) is 6.79. The Hall–Kier alpha value is -2.42. The summed E-state index contributed by atoms with van der Waals surface area (Å²) in [5, 5.41) is 0. The van der Waals surface area contributed by atoms with Gasteiger partial charge in [-0.2, -0.15) is 0 Å². The lowest BCUT2D eigenvalue weighted by atomic mass is 9.63. The van der Waals surface area contributed by atoms with Crippen molar-refractivity contribution in [1.82, 2.24) is 15.0 Å². The summed E-state index contributed by atoms with van der Waals surface area (Å²) in [6.07, 6.45) is 6.11. The van der Waals surface area contributed by atoms with Gasteiger partial charge in [-0.15, -0.1) is 0 Å². The van der Waals surface area contributed by atoms with E-state index in [1.165, 1.54) is 11.1 Å². The number of aromatic nitrogens is 3. The quantitative estimate of drug-likeness (QED) is 0.286. The number of aromatic amines is 1. The zero-order valence-corrected chi connectivity index (χ0v) is 20.8. The van der Waals surface area contributed by atoms with E-state index in [-0.39, 0.29) is 5.56 Å². The van der Waals surface area contributed by atoms with Gasteiger partial charge in [-0.05, 0) is 71.6 Å². The lowest BCUT2D eigenvalue weighted by molar-refractivity contribution is 0.275. The van der Waals surface area contributed by atoms with Crippen LogP contribution < -0.4 is 11.3 Å². The molecule has 2 aromatic rings. The molecule has 2 heterocycles. The summed E-state index contributed by atoms with van der Waals surface area (Å²) in [7, 11) is -4.64. The molecule has 0 radical (unpaired) electrons. The molecule has 2 atom stereocenters. The van der Waals surface area contributed by atoms with Crippen molar-refractivity contribution in [2.24, 2.45) is 11.7 Å². The molecule has 0 spiro atoms. The molecule has 0 unspecified atom stereocenters. The van der Waals surface area contributed by atoms with Gasteiger partial charge in [0.1, 0.15) is 0 Å². The maximum absolute atomic E-state index is 11.5. The molecule has 9 nitrogen and oxygen atoms in total. The first-order valence-corrected chi connectivity index (χ1v) is 12.1. The molecule has 10 heteroatoms. The van der Waals surface area contributed by atoms with Crippen LogP contribution >= 0.6 is 7.82 Å². The number of nitrogens with two attached hydrogens (primary N) is 1. The van der Waals surface area contributed by atoms with Crippen LogP contribution in [0.4, 0.5) is 0 Å². The van der Waals surface area contributed by atoms with Crippen LogP contribution in [0.15, 0.2) is 40.2 Å². The minimum absolute atomic E-state index is 0.0416. The number of nitrogens with zero attached hydrogens (tertiary/aromatic N) is 2.